The standard InChI is InChI=1S/C17H29N3OS/c1-6-19(7-2)14-8-9-20(11-14)16(21)10-15-18-17(12(3)4)13(5)22-15/h12,14H,6-11H2,1-5H3/t14-/m1/s1. The van der Waals surface area contributed by atoms with E-state index in [4.69, 9.17) is 0 Å². The van der Waals surface area contributed by atoms with Crippen LogP contribution in [-0.4, -0.2) is 52.9 Å². The van der Waals surface area contributed by atoms with Gasteiger partial charge in [0, 0.05) is 24.0 Å². The van der Waals surface area contributed by atoms with Crippen LogP contribution >= 0.6 is 11.3 Å². The number of thiazole rings is 1. The lowest BCUT2D eigenvalue weighted by molar-refractivity contribution is -0.129. The number of carbonyl (C=O) groups is 1. The van der Waals surface area contributed by atoms with E-state index in [0.29, 0.717) is 18.4 Å². The predicted molar refractivity (Wildman–Crippen MR) is 92.6 cm³/mol. The van der Waals surface area contributed by atoms with E-state index in [2.05, 4.69) is 44.5 Å². The molecule has 0 aromatic carbocycles. The number of nitrogens with zero attached hydrogens (tertiary/aromatic N) is 3. The van der Waals surface area contributed by atoms with E-state index in [0.717, 1.165) is 43.3 Å². The van der Waals surface area contributed by atoms with Crippen molar-refractivity contribution in [2.75, 3.05) is 26.2 Å². The zero-order valence-electron chi connectivity index (χ0n) is 14.6. The number of aromatic nitrogens is 1. The highest BCUT2D eigenvalue weighted by atomic mass is 32.1. The lowest BCUT2D eigenvalue weighted by Crippen LogP contribution is -2.39. The Balaban J connectivity index is 1.94. The van der Waals surface area contributed by atoms with Gasteiger partial charge in [0.15, 0.2) is 0 Å². The first-order valence-corrected chi connectivity index (χ1v) is 9.25. The Morgan fingerprint density at radius 1 is 1.41 bits per heavy atom. The van der Waals surface area contributed by atoms with Gasteiger partial charge in [-0.3, -0.25) is 9.69 Å². The molecule has 1 aliphatic rings. The maximum Gasteiger partial charge on any atom is 0.229 e. The van der Waals surface area contributed by atoms with Gasteiger partial charge >= 0.3 is 0 Å². The maximum atomic E-state index is 12.5. The minimum absolute atomic E-state index is 0.235. The molecular weight excluding hydrogens is 294 g/mol. The molecule has 5 heteroatoms. The fourth-order valence-electron chi connectivity index (χ4n) is 3.32. The van der Waals surface area contributed by atoms with Gasteiger partial charge in [-0.1, -0.05) is 27.7 Å². The number of likely N-dealkylation sites (tertiary alicyclic amines) is 1. The molecule has 4 nitrogen and oxygen atoms in total. The average Bonchev–Trinajstić information content (AvgIpc) is 3.07. The molecule has 0 aliphatic carbocycles. The summed E-state index contributed by atoms with van der Waals surface area (Å²) >= 11 is 1.68. The molecule has 0 saturated carbocycles. The maximum absolute atomic E-state index is 12.5. The van der Waals surface area contributed by atoms with Gasteiger partial charge in [-0.05, 0) is 32.4 Å². The second-order valence-corrected chi connectivity index (χ2v) is 7.67. The summed E-state index contributed by atoms with van der Waals surface area (Å²) in [5, 5.41) is 0.970. The molecule has 22 heavy (non-hydrogen) atoms. The first kappa shape index (κ1) is 17.4. The summed E-state index contributed by atoms with van der Waals surface area (Å²) in [6, 6.07) is 0.531. The normalized spacial score (nSPS) is 18.7. The Kier molecular flexibility index (Phi) is 5.98. The van der Waals surface area contributed by atoms with Gasteiger partial charge < -0.3 is 4.90 Å². The van der Waals surface area contributed by atoms with E-state index in [1.165, 1.54) is 4.88 Å². The van der Waals surface area contributed by atoms with Crippen LogP contribution in [0.2, 0.25) is 0 Å². The van der Waals surface area contributed by atoms with E-state index >= 15 is 0 Å². The Morgan fingerprint density at radius 3 is 2.64 bits per heavy atom. The van der Waals surface area contributed by atoms with Crippen LogP contribution in [0.25, 0.3) is 0 Å². The Bertz CT molecular complexity index is 508. The molecule has 0 bridgehead atoms. The highest BCUT2D eigenvalue weighted by molar-refractivity contribution is 7.11. The Labute approximate surface area is 138 Å². The molecule has 0 N–H and O–H groups in total. The van der Waals surface area contributed by atoms with Gasteiger partial charge in [-0.25, -0.2) is 4.98 Å². The smallest absolute Gasteiger partial charge is 0.229 e. The zero-order valence-corrected chi connectivity index (χ0v) is 15.4. The fraction of sp³-hybridized carbons (Fsp3) is 0.765. The molecule has 124 valence electrons. The third-order valence-corrected chi connectivity index (χ3v) is 5.56. The Hall–Kier alpha value is -0.940. The molecule has 1 amide bonds. The molecule has 1 aliphatic heterocycles. The molecule has 1 saturated heterocycles. The fourth-order valence-corrected chi connectivity index (χ4v) is 4.40. The highest BCUT2D eigenvalue weighted by Gasteiger charge is 2.29. The van der Waals surface area contributed by atoms with E-state index in [9.17, 15) is 4.79 Å². The second kappa shape index (κ2) is 7.55. The number of hydrogen-bond donors (Lipinski definition) is 0. The van der Waals surface area contributed by atoms with Crippen molar-refractivity contribution in [1.82, 2.24) is 14.8 Å². The molecular formula is C17H29N3OS. The third-order valence-electron chi connectivity index (χ3n) is 4.57. The molecule has 0 spiro atoms. The van der Waals surface area contributed by atoms with Crippen molar-refractivity contribution >= 4 is 17.2 Å². The summed E-state index contributed by atoms with van der Waals surface area (Å²) in [6.07, 6.45) is 1.56. The average molecular weight is 324 g/mol. The summed E-state index contributed by atoms with van der Waals surface area (Å²) in [6.45, 7) is 14.7. The SMILES string of the molecule is CCN(CC)[C@@H]1CCN(C(=O)Cc2nc(C(C)C)c(C)s2)C1. The molecule has 2 rings (SSSR count). The monoisotopic (exact) mass is 323 g/mol. The molecule has 1 aromatic rings. The van der Waals surface area contributed by atoms with Gasteiger partial charge in [-0.2, -0.15) is 0 Å². The minimum Gasteiger partial charge on any atom is -0.341 e. The van der Waals surface area contributed by atoms with Crippen LogP contribution in [0.4, 0.5) is 0 Å². The van der Waals surface area contributed by atoms with E-state index < -0.39 is 0 Å². The van der Waals surface area contributed by atoms with Crippen LogP contribution in [0.1, 0.15) is 55.6 Å². The van der Waals surface area contributed by atoms with E-state index in [-0.39, 0.29) is 5.91 Å². The zero-order chi connectivity index (χ0) is 16.3. The van der Waals surface area contributed by atoms with Crippen LogP contribution in [0.5, 0.6) is 0 Å². The lowest BCUT2D eigenvalue weighted by atomic mass is 10.1. The summed E-state index contributed by atoms with van der Waals surface area (Å²) in [5.74, 6) is 0.664. The van der Waals surface area contributed by atoms with Crippen molar-refractivity contribution in [2.24, 2.45) is 0 Å². The van der Waals surface area contributed by atoms with Gasteiger partial charge in [0.1, 0.15) is 5.01 Å². The number of carbonyl (C=O) groups excluding carboxylic acids is 1. The van der Waals surface area contributed by atoms with E-state index in [1.807, 2.05) is 4.90 Å². The minimum atomic E-state index is 0.235. The number of aryl methyl sites for hydroxylation is 1. The quantitative estimate of drug-likeness (QED) is 0.807. The Morgan fingerprint density at radius 2 is 2.09 bits per heavy atom. The second-order valence-electron chi connectivity index (χ2n) is 6.38. The summed E-state index contributed by atoms with van der Waals surface area (Å²) < 4.78 is 0. The largest absolute Gasteiger partial charge is 0.341 e. The van der Waals surface area contributed by atoms with Gasteiger partial charge in [0.2, 0.25) is 5.91 Å². The van der Waals surface area contributed by atoms with Crippen molar-refractivity contribution in [3.63, 3.8) is 0 Å². The third kappa shape index (κ3) is 3.87. The van der Waals surface area contributed by atoms with Crippen LogP contribution in [0.3, 0.4) is 0 Å². The number of likely N-dealkylation sites (N-methyl/N-ethyl adjacent to an activating group) is 1. The lowest BCUT2D eigenvalue weighted by Gasteiger charge is -2.26. The molecule has 0 unspecified atom stereocenters. The number of amides is 1. The van der Waals surface area contributed by atoms with E-state index in [1.54, 1.807) is 11.3 Å². The number of hydrogen-bond acceptors (Lipinski definition) is 4. The van der Waals surface area contributed by atoms with Crippen molar-refractivity contribution in [3.8, 4) is 0 Å². The van der Waals surface area contributed by atoms with Gasteiger partial charge in [0.25, 0.3) is 0 Å². The van der Waals surface area contributed by atoms with Crippen LogP contribution in [-0.2, 0) is 11.2 Å². The van der Waals surface area contributed by atoms with Gasteiger partial charge in [-0.15, -0.1) is 11.3 Å². The first-order valence-electron chi connectivity index (χ1n) is 8.44. The van der Waals surface area contributed by atoms with Crippen LogP contribution in [0.15, 0.2) is 0 Å². The molecule has 1 aromatic heterocycles. The topological polar surface area (TPSA) is 36.4 Å². The highest BCUT2D eigenvalue weighted by Crippen LogP contribution is 2.25. The molecule has 1 atom stereocenters. The van der Waals surface area contributed by atoms with Crippen LogP contribution < -0.4 is 0 Å². The summed E-state index contributed by atoms with van der Waals surface area (Å²) in [7, 11) is 0. The summed E-state index contributed by atoms with van der Waals surface area (Å²) in [5.41, 5.74) is 1.15. The molecule has 1 fully saturated rings. The summed E-state index contributed by atoms with van der Waals surface area (Å²) in [4.78, 5) is 22.9. The van der Waals surface area contributed by atoms with Crippen LogP contribution in [0, 0.1) is 6.92 Å². The first-order chi connectivity index (χ1) is 10.5. The molecule has 0 radical (unpaired) electrons. The molecule has 2 heterocycles. The van der Waals surface area contributed by atoms with Gasteiger partial charge in [0.05, 0.1) is 12.1 Å². The van der Waals surface area contributed by atoms with Crippen molar-refractivity contribution in [1.29, 1.82) is 0 Å². The number of rotatable bonds is 6. The predicted octanol–water partition coefficient (Wildman–Crippen LogP) is 3.06. The van der Waals surface area contributed by atoms with Crippen molar-refractivity contribution in [2.45, 2.75) is 59.4 Å². The van der Waals surface area contributed by atoms with Crippen molar-refractivity contribution < 1.29 is 4.79 Å². The van der Waals surface area contributed by atoms with Crippen molar-refractivity contribution in [3.05, 3.63) is 15.6 Å².